The molecule has 144 valence electrons. The van der Waals surface area contributed by atoms with Crippen molar-refractivity contribution in [2.24, 2.45) is 0 Å². The van der Waals surface area contributed by atoms with Crippen molar-refractivity contribution in [1.82, 2.24) is 10.3 Å². The number of nitrogens with zero attached hydrogens (tertiary/aromatic N) is 2. The monoisotopic (exact) mass is 393 g/mol. The van der Waals surface area contributed by atoms with Crippen LogP contribution < -0.4 is 19.7 Å². The molecule has 1 aromatic heterocycles. The summed E-state index contributed by atoms with van der Waals surface area (Å²) in [4.78, 5) is 7.27. The molecule has 0 amide bonds. The summed E-state index contributed by atoms with van der Waals surface area (Å²) in [6.07, 6.45) is 2.32. The summed E-state index contributed by atoms with van der Waals surface area (Å²) in [7, 11) is 0. The van der Waals surface area contributed by atoms with Gasteiger partial charge in [-0.15, -0.1) is 11.3 Å². The second kappa shape index (κ2) is 7.81. The Morgan fingerprint density at radius 1 is 1.04 bits per heavy atom. The number of hydrogen-bond acceptors (Lipinski definition) is 6. The number of hydrogen-bond donors (Lipinski definition) is 1. The average Bonchev–Trinajstić information content (AvgIpc) is 3.42. The first kappa shape index (κ1) is 17.5. The summed E-state index contributed by atoms with van der Waals surface area (Å²) >= 11 is 1.68. The van der Waals surface area contributed by atoms with Crippen LogP contribution in [0.2, 0.25) is 0 Å². The molecule has 1 N–H and O–H groups in total. The van der Waals surface area contributed by atoms with E-state index >= 15 is 0 Å². The lowest BCUT2D eigenvalue weighted by Gasteiger charge is -2.34. The smallest absolute Gasteiger partial charge is 0.231 e. The lowest BCUT2D eigenvalue weighted by atomic mass is 10.0. The molecule has 0 radical (unpaired) electrons. The molecule has 3 heterocycles. The van der Waals surface area contributed by atoms with Gasteiger partial charge in [0, 0.05) is 42.3 Å². The van der Waals surface area contributed by atoms with E-state index in [4.69, 9.17) is 14.5 Å². The first-order valence-electron chi connectivity index (χ1n) is 9.73. The van der Waals surface area contributed by atoms with Gasteiger partial charge in [-0.1, -0.05) is 18.2 Å². The van der Waals surface area contributed by atoms with E-state index in [-0.39, 0.29) is 0 Å². The summed E-state index contributed by atoms with van der Waals surface area (Å²) in [5.74, 6) is 1.61. The number of anilines is 1. The summed E-state index contributed by atoms with van der Waals surface area (Å²) < 4.78 is 10.9. The Kier molecular flexibility index (Phi) is 4.89. The maximum absolute atomic E-state index is 5.47. The Morgan fingerprint density at radius 2 is 1.86 bits per heavy atom. The van der Waals surface area contributed by atoms with E-state index in [0.717, 1.165) is 60.2 Å². The Hall–Kier alpha value is -2.57. The molecule has 0 aliphatic carbocycles. The van der Waals surface area contributed by atoms with Gasteiger partial charge in [0.1, 0.15) is 5.01 Å². The zero-order valence-corrected chi connectivity index (χ0v) is 16.5. The highest BCUT2D eigenvalue weighted by molar-refractivity contribution is 7.13. The Labute approximate surface area is 168 Å². The lowest BCUT2D eigenvalue weighted by Crippen LogP contribution is -2.42. The second-order valence-corrected chi connectivity index (χ2v) is 8.05. The quantitative estimate of drug-likeness (QED) is 0.700. The fraction of sp³-hybridized carbons (Fsp3) is 0.318. The number of aromatic nitrogens is 1. The van der Waals surface area contributed by atoms with Crippen molar-refractivity contribution >= 4 is 17.0 Å². The molecule has 2 aromatic carbocycles. The molecule has 1 fully saturated rings. The molecule has 2 aliphatic rings. The molecule has 0 bridgehead atoms. The molecule has 6 heteroatoms. The van der Waals surface area contributed by atoms with Gasteiger partial charge < -0.3 is 19.7 Å². The number of fused-ring (bicyclic) bond motifs is 1. The van der Waals surface area contributed by atoms with E-state index in [1.807, 2.05) is 18.2 Å². The molecular weight excluding hydrogens is 370 g/mol. The van der Waals surface area contributed by atoms with Gasteiger partial charge in [0.25, 0.3) is 0 Å². The van der Waals surface area contributed by atoms with E-state index in [9.17, 15) is 0 Å². The highest BCUT2D eigenvalue weighted by Gasteiger charge is 2.19. The molecule has 5 rings (SSSR count). The number of thiazole rings is 1. The fourth-order valence-electron chi connectivity index (χ4n) is 3.78. The van der Waals surface area contributed by atoms with Crippen LogP contribution in [0.25, 0.3) is 10.6 Å². The SMILES string of the molecule is c1ccc(N2CCC(NCc3csc(-c4ccc5c(c4)OCO5)n3)CC2)cc1. The van der Waals surface area contributed by atoms with Crippen molar-refractivity contribution < 1.29 is 9.47 Å². The number of para-hydroxylation sites is 1. The Balaban J connectivity index is 1.15. The maximum Gasteiger partial charge on any atom is 0.231 e. The molecule has 0 spiro atoms. The van der Waals surface area contributed by atoms with E-state index in [2.05, 4.69) is 45.9 Å². The van der Waals surface area contributed by atoms with Crippen molar-refractivity contribution in [3.05, 3.63) is 59.6 Å². The predicted molar refractivity (Wildman–Crippen MR) is 112 cm³/mol. The summed E-state index contributed by atoms with van der Waals surface area (Å²) in [5, 5.41) is 6.86. The van der Waals surface area contributed by atoms with Gasteiger partial charge in [0.2, 0.25) is 6.79 Å². The zero-order chi connectivity index (χ0) is 18.8. The first-order valence-corrected chi connectivity index (χ1v) is 10.6. The van der Waals surface area contributed by atoms with Gasteiger partial charge in [-0.2, -0.15) is 0 Å². The van der Waals surface area contributed by atoms with E-state index < -0.39 is 0 Å². The zero-order valence-electron chi connectivity index (χ0n) is 15.6. The molecule has 0 atom stereocenters. The van der Waals surface area contributed by atoms with Gasteiger partial charge in [0.15, 0.2) is 11.5 Å². The summed E-state index contributed by atoms with van der Waals surface area (Å²) in [5.41, 5.74) is 3.51. The molecule has 28 heavy (non-hydrogen) atoms. The molecule has 2 aliphatic heterocycles. The minimum Gasteiger partial charge on any atom is -0.454 e. The topological polar surface area (TPSA) is 46.6 Å². The van der Waals surface area contributed by atoms with Gasteiger partial charge in [-0.3, -0.25) is 0 Å². The van der Waals surface area contributed by atoms with E-state index in [1.54, 1.807) is 11.3 Å². The summed E-state index contributed by atoms with van der Waals surface area (Å²) in [6, 6.07) is 17.2. The van der Waals surface area contributed by atoms with E-state index in [0.29, 0.717) is 12.8 Å². The van der Waals surface area contributed by atoms with Crippen LogP contribution >= 0.6 is 11.3 Å². The predicted octanol–water partition coefficient (Wildman–Crippen LogP) is 4.30. The van der Waals surface area contributed by atoms with Crippen LogP contribution in [0.15, 0.2) is 53.9 Å². The maximum atomic E-state index is 5.47. The van der Waals surface area contributed by atoms with Crippen molar-refractivity contribution in [2.45, 2.75) is 25.4 Å². The van der Waals surface area contributed by atoms with Gasteiger partial charge in [-0.05, 0) is 43.2 Å². The molecule has 3 aromatic rings. The van der Waals surface area contributed by atoms with Crippen LogP contribution in [0.5, 0.6) is 11.5 Å². The third kappa shape index (κ3) is 3.70. The third-order valence-corrected chi connectivity index (χ3v) is 6.30. The van der Waals surface area contributed by atoms with Crippen LogP contribution in [0, 0.1) is 0 Å². The van der Waals surface area contributed by atoms with Gasteiger partial charge in [0.05, 0.1) is 5.69 Å². The van der Waals surface area contributed by atoms with Crippen LogP contribution in [-0.4, -0.2) is 30.9 Å². The lowest BCUT2D eigenvalue weighted by molar-refractivity contribution is 0.174. The molecule has 0 saturated carbocycles. The normalized spacial score (nSPS) is 16.5. The first-order chi connectivity index (χ1) is 13.8. The Morgan fingerprint density at radius 3 is 2.71 bits per heavy atom. The number of ether oxygens (including phenoxy) is 2. The highest BCUT2D eigenvalue weighted by atomic mass is 32.1. The average molecular weight is 394 g/mol. The van der Waals surface area contributed by atoms with Crippen LogP contribution in [0.3, 0.4) is 0 Å². The van der Waals surface area contributed by atoms with Crippen molar-refractivity contribution in [2.75, 3.05) is 24.8 Å². The number of benzene rings is 2. The number of nitrogens with one attached hydrogen (secondary N) is 1. The standard InChI is InChI=1S/C22H23N3O2S/c1-2-4-19(5-3-1)25-10-8-17(9-11-25)23-13-18-14-28-22(24-18)16-6-7-20-21(12-16)27-15-26-20/h1-7,12,14,17,23H,8-11,13,15H2. The highest BCUT2D eigenvalue weighted by Crippen LogP contribution is 2.36. The summed E-state index contributed by atoms with van der Waals surface area (Å²) in [6.45, 7) is 3.31. The minimum atomic E-state index is 0.301. The Bertz CT molecular complexity index is 936. The largest absolute Gasteiger partial charge is 0.454 e. The van der Waals surface area contributed by atoms with Crippen LogP contribution in [0.4, 0.5) is 5.69 Å². The van der Waals surface area contributed by atoms with Crippen molar-refractivity contribution in [3.8, 4) is 22.1 Å². The van der Waals surface area contributed by atoms with Gasteiger partial charge in [-0.25, -0.2) is 4.98 Å². The van der Waals surface area contributed by atoms with Crippen molar-refractivity contribution in [1.29, 1.82) is 0 Å². The molecular formula is C22H23N3O2S. The third-order valence-electron chi connectivity index (χ3n) is 5.36. The van der Waals surface area contributed by atoms with Crippen LogP contribution in [-0.2, 0) is 6.54 Å². The minimum absolute atomic E-state index is 0.301. The molecule has 1 saturated heterocycles. The molecule has 5 nitrogen and oxygen atoms in total. The van der Waals surface area contributed by atoms with Crippen LogP contribution in [0.1, 0.15) is 18.5 Å². The number of rotatable bonds is 5. The van der Waals surface area contributed by atoms with E-state index in [1.165, 1.54) is 5.69 Å². The number of piperidine rings is 1. The van der Waals surface area contributed by atoms with Gasteiger partial charge >= 0.3 is 0 Å². The second-order valence-electron chi connectivity index (χ2n) is 7.19. The van der Waals surface area contributed by atoms with Crippen molar-refractivity contribution in [3.63, 3.8) is 0 Å². The molecule has 0 unspecified atom stereocenters. The fourth-order valence-corrected chi connectivity index (χ4v) is 4.60.